The molecule has 130 valence electrons. The van der Waals surface area contributed by atoms with Crippen molar-refractivity contribution in [3.8, 4) is 0 Å². The number of nitrogens with zero attached hydrogens (tertiary/aromatic N) is 2. The van der Waals surface area contributed by atoms with Crippen molar-refractivity contribution < 1.29 is 14.3 Å². The molecule has 0 spiro atoms. The zero-order valence-corrected chi connectivity index (χ0v) is 14.2. The Hall–Kier alpha value is -2.89. The van der Waals surface area contributed by atoms with E-state index in [1.165, 1.54) is 13.3 Å². The lowest BCUT2D eigenvalue weighted by molar-refractivity contribution is -0.129. The Bertz CT molecular complexity index is 736. The number of esters is 1. The van der Waals surface area contributed by atoms with Crippen LogP contribution >= 0.6 is 0 Å². The summed E-state index contributed by atoms with van der Waals surface area (Å²) in [5.41, 5.74) is 2.27. The number of pyridine rings is 1. The standard InChI is InChI=1S/C19H21N3O3/c1-25-19(24)15-6-9-17(20-13-15)21-16-7-4-14(5-8-16)12-18(23)22-10-2-3-11-22/h4-9,13H,2-3,10-12H2,1H3,(H,20,21). The van der Waals surface area contributed by atoms with Crippen molar-refractivity contribution in [1.82, 2.24) is 9.88 Å². The summed E-state index contributed by atoms with van der Waals surface area (Å²) >= 11 is 0. The number of anilines is 2. The van der Waals surface area contributed by atoms with Crippen LogP contribution in [-0.2, 0) is 16.0 Å². The summed E-state index contributed by atoms with van der Waals surface area (Å²) in [4.78, 5) is 29.7. The molecule has 0 radical (unpaired) electrons. The Labute approximate surface area is 146 Å². The first kappa shape index (κ1) is 17.0. The molecule has 1 fully saturated rings. The summed E-state index contributed by atoms with van der Waals surface area (Å²) in [5.74, 6) is 0.415. The van der Waals surface area contributed by atoms with Gasteiger partial charge in [-0.15, -0.1) is 0 Å². The molecule has 1 saturated heterocycles. The highest BCUT2D eigenvalue weighted by Crippen LogP contribution is 2.17. The van der Waals surface area contributed by atoms with Crippen molar-refractivity contribution in [2.75, 3.05) is 25.5 Å². The number of rotatable bonds is 5. The monoisotopic (exact) mass is 339 g/mol. The van der Waals surface area contributed by atoms with Gasteiger partial charge in [0.2, 0.25) is 5.91 Å². The molecule has 6 heteroatoms. The van der Waals surface area contributed by atoms with E-state index < -0.39 is 5.97 Å². The smallest absolute Gasteiger partial charge is 0.339 e. The maximum Gasteiger partial charge on any atom is 0.339 e. The van der Waals surface area contributed by atoms with Crippen LogP contribution in [0.15, 0.2) is 42.6 Å². The molecule has 6 nitrogen and oxygen atoms in total. The first-order valence-electron chi connectivity index (χ1n) is 8.34. The van der Waals surface area contributed by atoms with Crippen molar-refractivity contribution in [3.63, 3.8) is 0 Å². The van der Waals surface area contributed by atoms with Crippen LogP contribution in [0.3, 0.4) is 0 Å². The Balaban J connectivity index is 1.58. The van der Waals surface area contributed by atoms with Gasteiger partial charge in [-0.2, -0.15) is 0 Å². The van der Waals surface area contributed by atoms with E-state index in [2.05, 4.69) is 15.0 Å². The van der Waals surface area contributed by atoms with Gasteiger partial charge in [-0.25, -0.2) is 9.78 Å². The molecule has 0 atom stereocenters. The summed E-state index contributed by atoms with van der Waals surface area (Å²) in [5, 5.41) is 3.17. The van der Waals surface area contributed by atoms with E-state index in [9.17, 15) is 9.59 Å². The molecular formula is C19H21N3O3. The van der Waals surface area contributed by atoms with Crippen molar-refractivity contribution in [3.05, 3.63) is 53.7 Å². The molecule has 1 amide bonds. The second-order valence-corrected chi connectivity index (χ2v) is 6.01. The van der Waals surface area contributed by atoms with Gasteiger partial charge in [0, 0.05) is 25.0 Å². The normalized spacial score (nSPS) is 13.6. The van der Waals surface area contributed by atoms with E-state index in [0.717, 1.165) is 37.2 Å². The van der Waals surface area contributed by atoms with Crippen LogP contribution in [-0.4, -0.2) is 42.0 Å². The molecule has 0 unspecified atom stereocenters. The number of benzene rings is 1. The SMILES string of the molecule is COC(=O)c1ccc(Nc2ccc(CC(=O)N3CCCC3)cc2)nc1. The summed E-state index contributed by atoms with van der Waals surface area (Å²) < 4.78 is 4.65. The van der Waals surface area contributed by atoms with Gasteiger partial charge in [0.1, 0.15) is 5.82 Å². The molecule has 25 heavy (non-hydrogen) atoms. The quantitative estimate of drug-likeness (QED) is 0.848. The summed E-state index contributed by atoms with van der Waals surface area (Å²) in [6.45, 7) is 1.76. The molecular weight excluding hydrogens is 318 g/mol. The number of methoxy groups -OCH3 is 1. The third kappa shape index (κ3) is 4.35. The zero-order valence-electron chi connectivity index (χ0n) is 14.2. The maximum absolute atomic E-state index is 12.2. The number of carbonyl (C=O) groups is 2. The van der Waals surface area contributed by atoms with E-state index in [-0.39, 0.29) is 5.91 Å². The number of amides is 1. The van der Waals surface area contributed by atoms with E-state index in [1.807, 2.05) is 29.2 Å². The van der Waals surface area contributed by atoms with Crippen LogP contribution in [0.4, 0.5) is 11.5 Å². The molecule has 0 aliphatic carbocycles. The van der Waals surface area contributed by atoms with Gasteiger partial charge in [0.15, 0.2) is 0 Å². The second kappa shape index (κ2) is 7.79. The highest BCUT2D eigenvalue weighted by Gasteiger charge is 2.17. The Morgan fingerprint density at radius 1 is 1.12 bits per heavy atom. The molecule has 1 aromatic carbocycles. The summed E-state index contributed by atoms with van der Waals surface area (Å²) in [6.07, 6.45) is 4.12. The van der Waals surface area contributed by atoms with Gasteiger partial charge < -0.3 is 15.0 Å². The van der Waals surface area contributed by atoms with Crippen molar-refractivity contribution in [2.45, 2.75) is 19.3 Å². The topological polar surface area (TPSA) is 71.5 Å². The fraction of sp³-hybridized carbons (Fsp3) is 0.316. The van der Waals surface area contributed by atoms with Gasteiger partial charge in [0.05, 0.1) is 19.1 Å². The minimum Gasteiger partial charge on any atom is -0.465 e. The minimum absolute atomic E-state index is 0.193. The highest BCUT2D eigenvalue weighted by atomic mass is 16.5. The van der Waals surface area contributed by atoms with E-state index in [4.69, 9.17) is 0 Å². The highest BCUT2D eigenvalue weighted by molar-refractivity contribution is 5.89. The molecule has 0 saturated carbocycles. The van der Waals surface area contributed by atoms with Crippen molar-refractivity contribution in [1.29, 1.82) is 0 Å². The minimum atomic E-state index is -0.411. The number of nitrogens with one attached hydrogen (secondary N) is 1. The second-order valence-electron chi connectivity index (χ2n) is 6.01. The molecule has 1 aliphatic rings. The third-order valence-electron chi connectivity index (χ3n) is 4.23. The van der Waals surface area contributed by atoms with Gasteiger partial charge >= 0.3 is 5.97 Å². The molecule has 3 rings (SSSR count). The van der Waals surface area contributed by atoms with Gasteiger partial charge in [-0.1, -0.05) is 12.1 Å². The van der Waals surface area contributed by atoms with E-state index in [0.29, 0.717) is 17.8 Å². The molecule has 1 aliphatic heterocycles. The number of likely N-dealkylation sites (tertiary alicyclic amines) is 1. The van der Waals surface area contributed by atoms with E-state index >= 15 is 0 Å². The van der Waals surface area contributed by atoms with Crippen LogP contribution in [0, 0.1) is 0 Å². The largest absolute Gasteiger partial charge is 0.465 e. The fourth-order valence-corrected chi connectivity index (χ4v) is 2.81. The number of carbonyl (C=O) groups excluding carboxylic acids is 2. The number of ether oxygens (including phenoxy) is 1. The van der Waals surface area contributed by atoms with Gasteiger partial charge in [-0.3, -0.25) is 4.79 Å². The number of hydrogen-bond acceptors (Lipinski definition) is 5. The Morgan fingerprint density at radius 3 is 2.44 bits per heavy atom. The lowest BCUT2D eigenvalue weighted by Gasteiger charge is -2.15. The third-order valence-corrected chi connectivity index (χ3v) is 4.23. The average molecular weight is 339 g/mol. The molecule has 1 aromatic heterocycles. The number of aromatic nitrogens is 1. The van der Waals surface area contributed by atoms with Crippen molar-refractivity contribution in [2.24, 2.45) is 0 Å². The molecule has 1 N–H and O–H groups in total. The first-order valence-corrected chi connectivity index (χ1v) is 8.34. The zero-order chi connectivity index (χ0) is 17.6. The first-order chi connectivity index (χ1) is 12.2. The van der Waals surface area contributed by atoms with Crippen LogP contribution in [0.25, 0.3) is 0 Å². The molecule has 2 heterocycles. The maximum atomic E-state index is 12.2. The lowest BCUT2D eigenvalue weighted by Crippen LogP contribution is -2.29. The van der Waals surface area contributed by atoms with Gasteiger partial charge in [-0.05, 0) is 42.7 Å². The summed E-state index contributed by atoms with van der Waals surface area (Å²) in [6, 6.07) is 11.1. The van der Waals surface area contributed by atoms with Crippen LogP contribution < -0.4 is 5.32 Å². The van der Waals surface area contributed by atoms with Gasteiger partial charge in [0.25, 0.3) is 0 Å². The van der Waals surface area contributed by atoms with Crippen LogP contribution in [0.5, 0.6) is 0 Å². The summed E-state index contributed by atoms with van der Waals surface area (Å²) in [7, 11) is 1.34. The number of hydrogen-bond donors (Lipinski definition) is 1. The predicted octanol–water partition coefficient (Wildman–Crippen LogP) is 2.78. The molecule has 2 aromatic rings. The fourth-order valence-electron chi connectivity index (χ4n) is 2.81. The van der Waals surface area contributed by atoms with Crippen LogP contribution in [0.2, 0.25) is 0 Å². The molecule has 0 bridgehead atoms. The van der Waals surface area contributed by atoms with E-state index in [1.54, 1.807) is 12.1 Å². The average Bonchev–Trinajstić information content (AvgIpc) is 3.18. The predicted molar refractivity (Wildman–Crippen MR) is 94.8 cm³/mol. The van der Waals surface area contributed by atoms with Crippen LogP contribution in [0.1, 0.15) is 28.8 Å². The van der Waals surface area contributed by atoms with Crippen molar-refractivity contribution >= 4 is 23.4 Å². The lowest BCUT2D eigenvalue weighted by atomic mass is 10.1. The Morgan fingerprint density at radius 2 is 1.84 bits per heavy atom. The Kier molecular flexibility index (Phi) is 5.28.